The van der Waals surface area contributed by atoms with Gasteiger partial charge in [0.1, 0.15) is 5.75 Å². The summed E-state index contributed by atoms with van der Waals surface area (Å²) in [5.41, 5.74) is 2.71. The van der Waals surface area contributed by atoms with E-state index in [0.717, 1.165) is 11.1 Å². The normalized spacial score (nSPS) is 12.5. The van der Waals surface area contributed by atoms with E-state index in [1.807, 2.05) is 12.1 Å². The number of phenolic OH excluding ortho intramolecular Hbond substituents is 1. The number of aromatic hydroxyl groups is 1. The van der Waals surface area contributed by atoms with Gasteiger partial charge in [-0.25, -0.2) is 0 Å². The van der Waals surface area contributed by atoms with E-state index in [2.05, 4.69) is 46.5 Å². The first-order valence-corrected chi connectivity index (χ1v) is 8.56. The van der Waals surface area contributed by atoms with Crippen molar-refractivity contribution in [3.05, 3.63) is 63.2 Å². The molecule has 2 rings (SSSR count). The molecule has 2 aromatic rings. The number of benzene rings is 2. The molecule has 0 aliphatic heterocycles. The van der Waals surface area contributed by atoms with Crippen molar-refractivity contribution in [2.24, 2.45) is 4.99 Å². The molecule has 0 heterocycles. The average Bonchev–Trinajstić information content (AvgIpc) is 2.51. The van der Waals surface area contributed by atoms with E-state index < -0.39 is 4.92 Å². The van der Waals surface area contributed by atoms with Crippen molar-refractivity contribution in [2.75, 3.05) is 0 Å². The van der Waals surface area contributed by atoms with Crippen LogP contribution < -0.4 is 0 Å². The lowest BCUT2D eigenvalue weighted by Crippen LogP contribution is -2.17. The second kappa shape index (κ2) is 6.90. The number of hydrogen-bond donors (Lipinski definition) is 1. The van der Waals surface area contributed by atoms with Crippen LogP contribution in [0.2, 0.25) is 0 Å². The first kappa shape index (κ1) is 19.6. The van der Waals surface area contributed by atoms with Gasteiger partial charge in [-0.05, 0) is 28.5 Å². The second-order valence-corrected chi connectivity index (χ2v) is 8.50. The van der Waals surface area contributed by atoms with Crippen LogP contribution >= 0.6 is 0 Å². The number of hydrogen-bond acceptors (Lipinski definition) is 4. The van der Waals surface area contributed by atoms with Crippen LogP contribution in [0.3, 0.4) is 0 Å². The van der Waals surface area contributed by atoms with Crippen molar-refractivity contribution in [2.45, 2.75) is 52.4 Å². The number of non-ortho nitro benzene ring substituents is 1. The molecule has 0 aliphatic carbocycles. The third-order valence-corrected chi connectivity index (χ3v) is 4.21. The largest absolute Gasteiger partial charge is 0.507 e. The van der Waals surface area contributed by atoms with Crippen LogP contribution in [0.5, 0.6) is 5.75 Å². The minimum Gasteiger partial charge on any atom is -0.507 e. The van der Waals surface area contributed by atoms with Crippen molar-refractivity contribution in [3.63, 3.8) is 0 Å². The van der Waals surface area contributed by atoms with Gasteiger partial charge in [-0.3, -0.25) is 15.1 Å². The summed E-state index contributed by atoms with van der Waals surface area (Å²) in [5.74, 6) is 0.194. The van der Waals surface area contributed by atoms with Crippen molar-refractivity contribution < 1.29 is 10.0 Å². The molecule has 1 N–H and O–H groups in total. The summed E-state index contributed by atoms with van der Waals surface area (Å²) in [7, 11) is 0. The number of aliphatic imine (C=N–C) groups is 1. The summed E-state index contributed by atoms with van der Waals surface area (Å²) in [6.45, 7) is 12.5. The second-order valence-electron chi connectivity index (χ2n) is 8.50. The molecule has 5 nitrogen and oxygen atoms in total. The van der Waals surface area contributed by atoms with E-state index in [1.54, 1.807) is 18.3 Å². The minimum absolute atomic E-state index is 0.0114. The smallest absolute Gasteiger partial charge is 0.271 e. The van der Waals surface area contributed by atoms with Crippen LogP contribution in [0.1, 0.15) is 58.2 Å². The van der Waals surface area contributed by atoms with Crippen molar-refractivity contribution >= 4 is 17.6 Å². The highest BCUT2D eigenvalue weighted by atomic mass is 16.6. The van der Waals surface area contributed by atoms with Crippen LogP contribution in [0.25, 0.3) is 0 Å². The van der Waals surface area contributed by atoms with Crippen LogP contribution in [0, 0.1) is 10.1 Å². The Morgan fingerprint density at radius 3 is 2.23 bits per heavy atom. The molecule has 0 fully saturated rings. The highest BCUT2D eigenvalue weighted by molar-refractivity contribution is 5.87. The maximum atomic E-state index is 10.9. The van der Waals surface area contributed by atoms with Gasteiger partial charge in [0.15, 0.2) is 0 Å². The van der Waals surface area contributed by atoms with Gasteiger partial charge in [0.25, 0.3) is 5.69 Å². The number of nitro groups is 1. The number of rotatable bonds is 3. The Morgan fingerprint density at radius 2 is 1.69 bits per heavy atom. The van der Waals surface area contributed by atoms with Gasteiger partial charge >= 0.3 is 0 Å². The van der Waals surface area contributed by atoms with E-state index in [0.29, 0.717) is 11.3 Å². The summed E-state index contributed by atoms with van der Waals surface area (Å²) in [6.07, 6.45) is 1.57. The zero-order chi connectivity index (χ0) is 19.7. The monoisotopic (exact) mass is 354 g/mol. The van der Waals surface area contributed by atoms with Gasteiger partial charge in [-0.15, -0.1) is 0 Å². The van der Waals surface area contributed by atoms with E-state index >= 15 is 0 Å². The van der Waals surface area contributed by atoms with Crippen LogP contribution in [0.4, 0.5) is 11.4 Å². The zero-order valence-corrected chi connectivity index (χ0v) is 16.2. The molecule has 0 spiro atoms. The third-order valence-electron chi connectivity index (χ3n) is 4.21. The standard InChI is InChI=1S/C21H26N2O3/c1-20(2,3)15-10-14(19(24)18(11-15)21(4,5)6)13-22-16-8-7-9-17(12-16)23(25)26/h7-13,24H,1-6H3. The molecule has 2 aromatic carbocycles. The highest BCUT2D eigenvalue weighted by Crippen LogP contribution is 2.37. The van der Waals surface area contributed by atoms with E-state index in [4.69, 9.17) is 0 Å². The van der Waals surface area contributed by atoms with Crippen LogP contribution in [-0.4, -0.2) is 16.2 Å². The molecule has 0 unspecified atom stereocenters. The van der Waals surface area contributed by atoms with Crippen LogP contribution in [0.15, 0.2) is 41.4 Å². The molecule has 26 heavy (non-hydrogen) atoms. The molecule has 5 heteroatoms. The molecular weight excluding hydrogens is 328 g/mol. The topological polar surface area (TPSA) is 75.7 Å². The summed E-state index contributed by atoms with van der Waals surface area (Å²) in [5, 5.41) is 21.6. The number of nitrogens with zero attached hydrogens (tertiary/aromatic N) is 2. The number of nitro benzene ring substituents is 1. The Hall–Kier alpha value is -2.69. The van der Waals surface area contributed by atoms with Gasteiger partial charge in [0, 0.05) is 29.5 Å². The summed E-state index contributed by atoms with van der Waals surface area (Å²) < 4.78 is 0. The SMILES string of the molecule is CC(C)(C)c1cc(C=Nc2cccc([N+](=O)[O-])c2)c(O)c(C(C)(C)C)c1. The fraction of sp³-hybridized carbons (Fsp3) is 0.381. The van der Waals surface area contributed by atoms with E-state index in [9.17, 15) is 15.2 Å². The van der Waals surface area contributed by atoms with Gasteiger partial charge in [0.05, 0.1) is 10.6 Å². The first-order valence-electron chi connectivity index (χ1n) is 8.56. The lowest BCUT2D eigenvalue weighted by atomic mass is 9.79. The maximum absolute atomic E-state index is 10.9. The van der Waals surface area contributed by atoms with Crippen molar-refractivity contribution in [1.82, 2.24) is 0 Å². The molecule has 0 saturated carbocycles. The van der Waals surface area contributed by atoms with Gasteiger partial charge < -0.3 is 5.11 Å². The van der Waals surface area contributed by atoms with E-state index in [-0.39, 0.29) is 22.3 Å². The highest BCUT2D eigenvalue weighted by Gasteiger charge is 2.24. The van der Waals surface area contributed by atoms with Gasteiger partial charge in [0.2, 0.25) is 0 Å². The molecule has 0 amide bonds. The third kappa shape index (κ3) is 4.48. The molecule has 138 valence electrons. The molecule has 0 saturated heterocycles. The van der Waals surface area contributed by atoms with Gasteiger partial charge in [-0.1, -0.05) is 53.7 Å². The predicted molar refractivity (Wildman–Crippen MR) is 106 cm³/mol. The lowest BCUT2D eigenvalue weighted by Gasteiger charge is -2.26. The molecule has 0 aromatic heterocycles. The zero-order valence-electron chi connectivity index (χ0n) is 16.2. The first-order chi connectivity index (χ1) is 11.9. The Morgan fingerprint density at radius 1 is 1.04 bits per heavy atom. The van der Waals surface area contributed by atoms with Gasteiger partial charge in [-0.2, -0.15) is 0 Å². The predicted octanol–water partition coefficient (Wildman–Crippen LogP) is 5.65. The van der Waals surface area contributed by atoms with E-state index in [1.165, 1.54) is 12.1 Å². The summed E-state index contributed by atoms with van der Waals surface area (Å²) >= 11 is 0. The Balaban J connectivity index is 2.55. The lowest BCUT2D eigenvalue weighted by molar-refractivity contribution is -0.384. The Labute approximate surface area is 154 Å². The molecule has 0 radical (unpaired) electrons. The molecule has 0 atom stereocenters. The maximum Gasteiger partial charge on any atom is 0.271 e. The van der Waals surface area contributed by atoms with Crippen molar-refractivity contribution in [3.8, 4) is 5.75 Å². The Bertz CT molecular complexity index is 857. The quantitative estimate of drug-likeness (QED) is 0.440. The summed E-state index contributed by atoms with van der Waals surface area (Å²) in [4.78, 5) is 14.8. The summed E-state index contributed by atoms with van der Waals surface area (Å²) in [6, 6.07) is 10.1. The minimum atomic E-state index is -0.450. The molecule has 0 aliphatic rings. The number of phenols is 1. The molecule has 0 bridgehead atoms. The average molecular weight is 354 g/mol. The van der Waals surface area contributed by atoms with Crippen LogP contribution in [-0.2, 0) is 10.8 Å². The Kier molecular flexibility index (Phi) is 5.21. The molecular formula is C21H26N2O3. The fourth-order valence-electron chi connectivity index (χ4n) is 2.59. The fourth-order valence-corrected chi connectivity index (χ4v) is 2.59. The van der Waals surface area contributed by atoms with Crippen molar-refractivity contribution in [1.29, 1.82) is 0 Å².